The summed E-state index contributed by atoms with van der Waals surface area (Å²) in [6, 6.07) is 4.01. The number of rotatable bonds is 7. The van der Waals surface area contributed by atoms with Gasteiger partial charge in [-0.3, -0.25) is 9.59 Å². The zero-order chi connectivity index (χ0) is 18.5. The van der Waals surface area contributed by atoms with E-state index in [1.807, 2.05) is 41.0 Å². The van der Waals surface area contributed by atoms with Gasteiger partial charge in [0.15, 0.2) is 0 Å². The lowest BCUT2D eigenvalue weighted by Crippen LogP contribution is -2.43. The zero-order valence-electron chi connectivity index (χ0n) is 15.5. The number of amides is 2. The molecular weight excluding hydrogens is 350 g/mol. The Kier molecular flexibility index (Phi) is 6.32. The number of aryl methyl sites for hydroxylation is 1. The second-order valence-electron chi connectivity index (χ2n) is 6.67. The SMILES string of the molecule is CCOCCCNC(=O)C1CCN(C(=O)c2cc3sccc3n2C)CC1. The van der Waals surface area contributed by atoms with Gasteiger partial charge in [-0.15, -0.1) is 11.3 Å². The molecule has 0 aliphatic carbocycles. The van der Waals surface area contributed by atoms with E-state index in [0.717, 1.165) is 35.2 Å². The normalized spacial score (nSPS) is 15.5. The number of carbonyl (C=O) groups excluding carboxylic acids is 2. The molecule has 142 valence electrons. The van der Waals surface area contributed by atoms with E-state index < -0.39 is 0 Å². The Labute approximate surface area is 158 Å². The molecule has 2 amide bonds. The summed E-state index contributed by atoms with van der Waals surface area (Å²) in [6.07, 6.45) is 2.28. The Morgan fingerprint density at radius 1 is 1.35 bits per heavy atom. The van der Waals surface area contributed by atoms with Gasteiger partial charge >= 0.3 is 0 Å². The smallest absolute Gasteiger partial charge is 0.270 e. The molecule has 6 nitrogen and oxygen atoms in total. The van der Waals surface area contributed by atoms with Crippen LogP contribution in [0.1, 0.15) is 36.7 Å². The molecule has 0 aromatic carbocycles. The third-order valence-electron chi connectivity index (χ3n) is 5.00. The van der Waals surface area contributed by atoms with Crippen LogP contribution >= 0.6 is 11.3 Å². The van der Waals surface area contributed by atoms with Crippen molar-refractivity contribution in [1.29, 1.82) is 0 Å². The number of hydrogen-bond acceptors (Lipinski definition) is 4. The van der Waals surface area contributed by atoms with Crippen LogP contribution < -0.4 is 5.32 Å². The van der Waals surface area contributed by atoms with Crippen LogP contribution in [-0.4, -0.2) is 54.1 Å². The molecule has 0 radical (unpaired) electrons. The van der Waals surface area contributed by atoms with Gasteiger partial charge in [-0.25, -0.2) is 0 Å². The van der Waals surface area contributed by atoms with Crippen LogP contribution in [0.5, 0.6) is 0 Å². The molecule has 1 N–H and O–H groups in total. The molecule has 1 aliphatic rings. The first-order valence-corrected chi connectivity index (χ1v) is 10.2. The highest BCUT2D eigenvalue weighted by atomic mass is 32.1. The van der Waals surface area contributed by atoms with E-state index in [1.165, 1.54) is 0 Å². The highest BCUT2D eigenvalue weighted by molar-refractivity contribution is 7.17. The van der Waals surface area contributed by atoms with Crippen LogP contribution in [0.25, 0.3) is 10.2 Å². The molecule has 0 atom stereocenters. The second kappa shape index (κ2) is 8.68. The van der Waals surface area contributed by atoms with Gasteiger partial charge in [0.2, 0.25) is 5.91 Å². The van der Waals surface area contributed by atoms with Crippen molar-refractivity contribution >= 4 is 33.4 Å². The molecule has 0 spiro atoms. The number of hydrogen-bond donors (Lipinski definition) is 1. The zero-order valence-corrected chi connectivity index (χ0v) is 16.3. The average Bonchev–Trinajstić information content (AvgIpc) is 3.24. The van der Waals surface area contributed by atoms with Crippen LogP contribution in [0.2, 0.25) is 0 Å². The Balaban J connectivity index is 1.48. The largest absolute Gasteiger partial charge is 0.382 e. The summed E-state index contributed by atoms with van der Waals surface area (Å²) in [5.74, 6) is 0.169. The minimum absolute atomic E-state index is 0.00282. The molecule has 0 unspecified atom stereocenters. The Hall–Kier alpha value is -1.86. The highest BCUT2D eigenvalue weighted by Crippen LogP contribution is 2.26. The lowest BCUT2D eigenvalue weighted by atomic mass is 9.95. The third-order valence-corrected chi connectivity index (χ3v) is 5.86. The van der Waals surface area contributed by atoms with Crippen molar-refractivity contribution in [2.45, 2.75) is 26.2 Å². The Morgan fingerprint density at radius 2 is 2.12 bits per heavy atom. The number of ether oxygens (including phenoxy) is 1. The summed E-state index contributed by atoms with van der Waals surface area (Å²) in [5.41, 5.74) is 1.82. The first-order chi connectivity index (χ1) is 12.6. The predicted octanol–water partition coefficient (Wildman–Crippen LogP) is 2.63. The van der Waals surface area contributed by atoms with Crippen molar-refractivity contribution in [3.63, 3.8) is 0 Å². The van der Waals surface area contributed by atoms with Crippen LogP contribution in [0.3, 0.4) is 0 Å². The standard InChI is InChI=1S/C19H27N3O3S/c1-3-25-11-4-8-20-18(23)14-5-9-22(10-6-14)19(24)16-13-17-15(21(16)2)7-12-26-17/h7,12-14H,3-6,8-11H2,1-2H3,(H,20,23). The van der Waals surface area contributed by atoms with E-state index in [2.05, 4.69) is 5.32 Å². The van der Waals surface area contributed by atoms with E-state index in [-0.39, 0.29) is 17.7 Å². The molecule has 3 rings (SSSR count). The number of fused-ring (bicyclic) bond motifs is 1. The molecule has 3 heterocycles. The minimum atomic E-state index is 0.00282. The first-order valence-electron chi connectivity index (χ1n) is 9.29. The van der Waals surface area contributed by atoms with Crippen LogP contribution in [0, 0.1) is 5.92 Å². The van der Waals surface area contributed by atoms with E-state index in [4.69, 9.17) is 4.74 Å². The number of carbonyl (C=O) groups is 2. The maximum Gasteiger partial charge on any atom is 0.270 e. The summed E-state index contributed by atoms with van der Waals surface area (Å²) in [5, 5.41) is 5.02. The maximum atomic E-state index is 12.8. The average molecular weight is 378 g/mol. The van der Waals surface area contributed by atoms with Crippen LogP contribution in [0.15, 0.2) is 17.5 Å². The molecule has 0 bridgehead atoms. The minimum Gasteiger partial charge on any atom is -0.382 e. The summed E-state index contributed by atoms with van der Waals surface area (Å²) in [7, 11) is 1.94. The second-order valence-corrected chi connectivity index (χ2v) is 7.61. The number of thiophene rings is 1. The Morgan fingerprint density at radius 3 is 2.81 bits per heavy atom. The van der Waals surface area contributed by atoms with E-state index in [0.29, 0.717) is 32.8 Å². The van der Waals surface area contributed by atoms with Crippen molar-refractivity contribution in [3.8, 4) is 0 Å². The van der Waals surface area contributed by atoms with Gasteiger partial charge in [0.1, 0.15) is 5.69 Å². The molecule has 1 fully saturated rings. The van der Waals surface area contributed by atoms with Gasteiger partial charge in [-0.2, -0.15) is 0 Å². The number of aromatic nitrogens is 1. The summed E-state index contributed by atoms with van der Waals surface area (Å²) in [6.45, 7) is 5.27. The van der Waals surface area contributed by atoms with Crippen molar-refractivity contribution in [1.82, 2.24) is 14.8 Å². The lowest BCUT2D eigenvalue weighted by molar-refractivity contribution is -0.126. The van der Waals surface area contributed by atoms with E-state index >= 15 is 0 Å². The molecule has 0 saturated carbocycles. The Bertz CT molecular complexity index is 759. The third kappa shape index (κ3) is 4.10. The van der Waals surface area contributed by atoms with E-state index in [9.17, 15) is 9.59 Å². The lowest BCUT2D eigenvalue weighted by Gasteiger charge is -2.31. The predicted molar refractivity (Wildman–Crippen MR) is 104 cm³/mol. The fourth-order valence-corrected chi connectivity index (χ4v) is 4.29. The molecule has 26 heavy (non-hydrogen) atoms. The van der Waals surface area contributed by atoms with Gasteiger partial charge in [0, 0.05) is 45.8 Å². The van der Waals surface area contributed by atoms with Crippen molar-refractivity contribution < 1.29 is 14.3 Å². The maximum absolute atomic E-state index is 12.8. The van der Waals surface area contributed by atoms with Gasteiger partial charge in [-0.05, 0) is 43.7 Å². The molecular formula is C19H27N3O3S. The van der Waals surface area contributed by atoms with Gasteiger partial charge in [0.05, 0.1) is 10.2 Å². The van der Waals surface area contributed by atoms with Crippen molar-refractivity contribution in [3.05, 3.63) is 23.2 Å². The van der Waals surface area contributed by atoms with Crippen molar-refractivity contribution in [2.75, 3.05) is 32.8 Å². The van der Waals surface area contributed by atoms with Gasteiger partial charge < -0.3 is 19.5 Å². The molecule has 1 saturated heterocycles. The number of likely N-dealkylation sites (tertiary alicyclic amines) is 1. The van der Waals surface area contributed by atoms with Crippen LogP contribution in [0.4, 0.5) is 0 Å². The number of piperidine rings is 1. The topological polar surface area (TPSA) is 63.6 Å². The molecule has 2 aromatic heterocycles. The fraction of sp³-hybridized carbons (Fsp3) is 0.579. The fourth-order valence-electron chi connectivity index (χ4n) is 3.44. The number of nitrogens with zero attached hydrogens (tertiary/aromatic N) is 2. The summed E-state index contributed by atoms with van der Waals surface area (Å²) >= 11 is 1.65. The molecule has 1 aliphatic heterocycles. The summed E-state index contributed by atoms with van der Waals surface area (Å²) in [4.78, 5) is 27.0. The van der Waals surface area contributed by atoms with Gasteiger partial charge in [-0.1, -0.05) is 0 Å². The molecule has 7 heteroatoms. The summed E-state index contributed by atoms with van der Waals surface area (Å²) < 4.78 is 8.37. The van der Waals surface area contributed by atoms with E-state index in [1.54, 1.807) is 11.3 Å². The first kappa shape index (κ1) is 18.9. The highest BCUT2D eigenvalue weighted by Gasteiger charge is 2.29. The van der Waals surface area contributed by atoms with Crippen LogP contribution in [-0.2, 0) is 16.6 Å². The molecule has 2 aromatic rings. The quantitative estimate of drug-likeness (QED) is 0.755. The van der Waals surface area contributed by atoms with Gasteiger partial charge in [0.25, 0.3) is 5.91 Å². The van der Waals surface area contributed by atoms with Crippen molar-refractivity contribution in [2.24, 2.45) is 13.0 Å². The monoisotopic (exact) mass is 377 g/mol. The number of nitrogens with one attached hydrogen (secondary N) is 1.